The van der Waals surface area contributed by atoms with Crippen LogP contribution < -0.4 is 10.6 Å². The van der Waals surface area contributed by atoms with Crippen LogP contribution >= 0.6 is 0 Å². The van der Waals surface area contributed by atoms with Crippen molar-refractivity contribution in [3.8, 4) is 0 Å². The number of likely N-dealkylation sites (tertiary alicyclic amines) is 2. The fourth-order valence-electron chi connectivity index (χ4n) is 5.46. The van der Waals surface area contributed by atoms with Crippen LogP contribution in [0.4, 0.5) is 0 Å². The SMILES string of the molecule is CC(=O)N1CCC2(C/C=C/C[C@H]3CN(C(=O)/C=C/c4ccccc4)CC[C@H]3NC(=O)CNC2=O)CC1. The number of benzene rings is 1. The second kappa shape index (κ2) is 11.5. The highest BCUT2D eigenvalue weighted by atomic mass is 16.2. The number of rotatable bonds is 2. The van der Waals surface area contributed by atoms with Crippen molar-refractivity contribution in [3.05, 3.63) is 54.1 Å². The second-order valence-electron chi connectivity index (χ2n) is 10.1. The van der Waals surface area contributed by atoms with Gasteiger partial charge in [0.1, 0.15) is 0 Å². The van der Waals surface area contributed by atoms with Crippen LogP contribution in [0.25, 0.3) is 6.08 Å². The monoisotopic (exact) mass is 492 g/mol. The summed E-state index contributed by atoms with van der Waals surface area (Å²) in [5.74, 6) is -0.230. The molecule has 1 aromatic carbocycles. The van der Waals surface area contributed by atoms with E-state index in [0.29, 0.717) is 58.3 Å². The van der Waals surface area contributed by atoms with Gasteiger partial charge in [-0.1, -0.05) is 42.5 Å². The summed E-state index contributed by atoms with van der Waals surface area (Å²) in [5.41, 5.74) is 0.366. The lowest BCUT2D eigenvalue weighted by Gasteiger charge is -2.41. The van der Waals surface area contributed by atoms with E-state index in [4.69, 9.17) is 0 Å². The van der Waals surface area contributed by atoms with Gasteiger partial charge in [-0.15, -0.1) is 0 Å². The predicted octanol–water partition coefficient (Wildman–Crippen LogP) is 2.13. The number of carbonyl (C=O) groups is 4. The van der Waals surface area contributed by atoms with E-state index in [-0.39, 0.29) is 42.1 Å². The Morgan fingerprint density at radius 1 is 1.03 bits per heavy atom. The Balaban J connectivity index is 1.43. The lowest BCUT2D eigenvalue weighted by Crippen LogP contribution is -2.55. The van der Waals surface area contributed by atoms with Gasteiger partial charge in [-0.05, 0) is 43.7 Å². The standard InChI is InChI=1S/C28H36N4O4/c1-21(33)31-17-14-28(15-18-31)13-6-5-9-23-20-32(26(35)11-10-22-7-3-2-4-8-22)16-12-24(23)30-25(34)19-29-27(28)36/h2-8,10-11,23-24H,9,12-20H2,1H3,(H,29,36)(H,30,34)/b6-5+,11-10+/t23-,24+/m0/s1. The minimum absolute atomic E-state index is 0.0226. The van der Waals surface area contributed by atoms with Gasteiger partial charge in [0.25, 0.3) is 0 Å². The highest BCUT2D eigenvalue weighted by Gasteiger charge is 2.41. The van der Waals surface area contributed by atoms with Crippen LogP contribution in [0.5, 0.6) is 0 Å². The Labute approximate surface area is 212 Å². The van der Waals surface area contributed by atoms with Crippen molar-refractivity contribution in [3.63, 3.8) is 0 Å². The summed E-state index contributed by atoms with van der Waals surface area (Å²) in [6.45, 7) is 3.72. The molecule has 0 aliphatic carbocycles. The normalized spacial score (nSPS) is 25.8. The Hall–Kier alpha value is -3.42. The molecule has 3 aliphatic rings. The molecule has 2 fully saturated rings. The molecule has 2 N–H and O–H groups in total. The Kier molecular flexibility index (Phi) is 8.23. The van der Waals surface area contributed by atoms with Crippen molar-refractivity contribution in [2.75, 3.05) is 32.7 Å². The van der Waals surface area contributed by atoms with Crippen molar-refractivity contribution >= 4 is 29.7 Å². The molecular formula is C28H36N4O4. The Morgan fingerprint density at radius 3 is 2.50 bits per heavy atom. The summed E-state index contributed by atoms with van der Waals surface area (Å²) < 4.78 is 0. The first kappa shape index (κ1) is 25.7. The molecule has 4 rings (SSSR count). The largest absolute Gasteiger partial charge is 0.351 e. The number of hydrogen-bond donors (Lipinski definition) is 2. The first-order chi connectivity index (χ1) is 17.4. The summed E-state index contributed by atoms with van der Waals surface area (Å²) in [6, 6.07) is 9.69. The first-order valence-corrected chi connectivity index (χ1v) is 12.9. The Bertz CT molecular complexity index is 1030. The number of amides is 4. The fraction of sp³-hybridized carbons (Fsp3) is 0.500. The van der Waals surface area contributed by atoms with E-state index in [9.17, 15) is 19.2 Å². The van der Waals surface area contributed by atoms with Gasteiger partial charge in [-0.25, -0.2) is 0 Å². The smallest absolute Gasteiger partial charge is 0.246 e. The number of nitrogens with zero attached hydrogens (tertiary/aromatic N) is 2. The number of fused-ring (bicyclic) bond motifs is 1. The molecule has 0 saturated carbocycles. The number of carbonyl (C=O) groups excluding carboxylic acids is 4. The van der Waals surface area contributed by atoms with Gasteiger partial charge >= 0.3 is 0 Å². The third kappa shape index (κ3) is 6.22. The molecular weight excluding hydrogens is 456 g/mol. The zero-order chi connectivity index (χ0) is 25.5. The van der Waals surface area contributed by atoms with E-state index in [1.54, 1.807) is 17.9 Å². The van der Waals surface area contributed by atoms with Gasteiger partial charge in [0.15, 0.2) is 0 Å². The highest BCUT2D eigenvalue weighted by Crippen LogP contribution is 2.36. The van der Waals surface area contributed by atoms with Gasteiger partial charge in [-0.3, -0.25) is 19.2 Å². The van der Waals surface area contributed by atoms with E-state index in [0.717, 1.165) is 5.56 Å². The van der Waals surface area contributed by atoms with Crippen molar-refractivity contribution in [1.82, 2.24) is 20.4 Å². The number of hydrogen-bond acceptors (Lipinski definition) is 4. The van der Waals surface area contributed by atoms with Gasteiger partial charge < -0.3 is 20.4 Å². The summed E-state index contributed by atoms with van der Waals surface area (Å²) >= 11 is 0. The lowest BCUT2D eigenvalue weighted by molar-refractivity contribution is -0.140. The van der Waals surface area contributed by atoms with Gasteiger partial charge in [-0.2, -0.15) is 0 Å². The molecule has 192 valence electrons. The van der Waals surface area contributed by atoms with Crippen molar-refractivity contribution in [2.45, 2.75) is 45.1 Å². The fourth-order valence-corrected chi connectivity index (χ4v) is 5.46. The van der Waals surface area contributed by atoms with Crippen LogP contribution in [-0.2, 0) is 19.2 Å². The molecule has 2 saturated heterocycles. The molecule has 1 spiro atoms. The summed E-state index contributed by atoms with van der Waals surface area (Å²) in [5, 5.41) is 5.94. The van der Waals surface area contributed by atoms with Crippen LogP contribution in [-0.4, -0.2) is 72.2 Å². The maximum absolute atomic E-state index is 13.1. The molecule has 4 amide bonds. The van der Waals surface area contributed by atoms with Crippen LogP contribution in [0.1, 0.15) is 44.6 Å². The van der Waals surface area contributed by atoms with E-state index < -0.39 is 5.41 Å². The van der Waals surface area contributed by atoms with E-state index in [2.05, 4.69) is 22.8 Å². The molecule has 0 bridgehead atoms. The third-order valence-electron chi connectivity index (χ3n) is 7.78. The topological polar surface area (TPSA) is 98.8 Å². The van der Waals surface area contributed by atoms with Crippen LogP contribution in [0.2, 0.25) is 0 Å². The van der Waals surface area contributed by atoms with E-state index >= 15 is 0 Å². The first-order valence-electron chi connectivity index (χ1n) is 12.9. The van der Waals surface area contributed by atoms with Crippen molar-refractivity contribution in [1.29, 1.82) is 0 Å². The third-order valence-corrected chi connectivity index (χ3v) is 7.78. The quantitative estimate of drug-likeness (QED) is 0.488. The minimum atomic E-state index is -0.613. The number of allylic oxidation sites excluding steroid dienone is 2. The molecule has 3 aliphatic heterocycles. The average molecular weight is 493 g/mol. The molecule has 8 nitrogen and oxygen atoms in total. The van der Waals surface area contributed by atoms with Crippen molar-refractivity contribution < 1.29 is 19.2 Å². The van der Waals surface area contributed by atoms with E-state index in [1.165, 1.54) is 0 Å². The summed E-state index contributed by atoms with van der Waals surface area (Å²) in [4.78, 5) is 54.0. The van der Waals surface area contributed by atoms with Gasteiger partial charge in [0, 0.05) is 51.1 Å². The highest BCUT2D eigenvalue weighted by molar-refractivity contribution is 5.92. The molecule has 3 heterocycles. The average Bonchev–Trinajstić information content (AvgIpc) is 2.89. The molecule has 1 aromatic rings. The zero-order valence-electron chi connectivity index (χ0n) is 20.9. The Morgan fingerprint density at radius 2 is 1.78 bits per heavy atom. The van der Waals surface area contributed by atoms with Crippen LogP contribution in [0.3, 0.4) is 0 Å². The predicted molar refractivity (Wildman–Crippen MR) is 137 cm³/mol. The molecule has 8 heteroatoms. The minimum Gasteiger partial charge on any atom is -0.351 e. The molecule has 0 unspecified atom stereocenters. The molecule has 36 heavy (non-hydrogen) atoms. The molecule has 0 radical (unpaired) electrons. The van der Waals surface area contributed by atoms with Crippen molar-refractivity contribution in [2.24, 2.45) is 11.3 Å². The summed E-state index contributed by atoms with van der Waals surface area (Å²) in [6.07, 6.45) is 10.7. The number of nitrogens with one attached hydrogen (secondary N) is 2. The maximum atomic E-state index is 13.1. The van der Waals surface area contributed by atoms with Crippen LogP contribution in [0, 0.1) is 11.3 Å². The summed E-state index contributed by atoms with van der Waals surface area (Å²) in [7, 11) is 0. The second-order valence-corrected chi connectivity index (χ2v) is 10.1. The zero-order valence-corrected chi connectivity index (χ0v) is 20.9. The molecule has 0 aromatic heterocycles. The van der Waals surface area contributed by atoms with Gasteiger partial charge in [0.2, 0.25) is 23.6 Å². The lowest BCUT2D eigenvalue weighted by atomic mass is 9.74. The number of piperidine rings is 2. The van der Waals surface area contributed by atoms with Crippen LogP contribution in [0.15, 0.2) is 48.6 Å². The van der Waals surface area contributed by atoms with E-state index in [1.807, 2.05) is 41.3 Å². The molecule has 2 atom stereocenters. The van der Waals surface area contributed by atoms with Gasteiger partial charge in [0.05, 0.1) is 12.0 Å². The maximum Gasteiger partial charge on any atom is 0.246 e.